The Labute approximate surface area is 178 Å². The predicted molar refractivity (Wildman–Crippen MR) is 119 cm³/mol. The molecule has 1 aliphatic carbocycles. The zero-order valence-electron chi connectivity index (χ0n) is 18.4. The van der Waals surface area contributed by atoms with E-state index in [4.69, 9.17) is 0 Å². The molecule has 1 N–H and O–H groups in total. The lowest BCUT2D eigenvalue weighted by molar-refractivity contribution is -0.121. The van der Waals surface area contributed by atoms with Crippen LogP contribution in [0.5, 0.6) is 0 Å². The summed E-state index contributed by atoms with van der Waals surface area (Å²) in [5.74, 6) is 0.0911. The maximum atomic E-state index is 12.7. The molecule has 0 aliphatic heterocycles. The second-order valence-corrected chi connectivity index (χ2v) is 8.96. The maximum Gasteiger partial charge on any atom is 0.221 e. The van der Waals surface area contributed by atoms with Crippen LogP contribution in [0.4, 0.5) is 0 Å². The number of hydrogen-bond donors (Lipinski definition) is 1. The van der Waals surface area contributed by atoms with E-state index >= 15 is 0 Å². The van der Waals surface area contributed by atoms with Gasteiger partial charge < -0.3 is 5.32 Å². The van der Waals surface area contributed by atoms with Crippen molar-refractivity contribution in [3.8, 4) is 0 Å². The number of hydrogen-bond acceptors (Lipinski definition) is 3. The zero-order valence-corrected chi connectivity index (χ0v) is 18.4. The van der Waals surface area contributed by atoms with Gasteiger partial charge in [0, 0.05) is 24.4 Å². The van der Waals surface area contributed by atoms with Crippen LogP contribution in [0.1, 0.15) is 69.7 Å². The fourth-order valence-electron chi connectivity index (χ4n) is 4.89. The number of rotatable bonds is 7. The lowest BCUT2D eigenvalue weighted by Crippen LogP contribution is -2.42. The van der Waals surface area contributed by atoms with Crippen LogP contribution in [0.3, 0.4) is 0 Å². The summed E-state index contributed by atoms with van der Waals surface area (Å²) >= 11 is 0. The molecular formula is C24H33N5O. The molecule has 6 nitrogen and oxygen atoms in total. The quantitative estimate of drug-likeness (QED) is 0.626. The van der Waals surface area contributed by atoms with E-state index in [9.17, 15) is 4.79 Å². The largest absolute Gasteiger partial charge is 0.355 e. The molecule has 1 aromatic carbocycles. The summed E-state index contributed by atoms with van der Waals surface area (Å²) in [4.78, 5) is 12.7. The molecule has 1 aliphatic rings. The number of nitrogens with zero attached hydrogens (tertiary/aromatic N) is 4. The van der Waals surface area contributed by atoms with E-state index in [1.165, 1.54) is 24.8 Å². The van der Waals surface area contributed by atoms with Gasteiger partial charge in [0.15, 0.2) is 0 Å². The van der Waals surface area contributed by atoms with Crippen LogP contribution in [-0.2, 0) is 16.8 Å². The Morgan fingerprint density at radius 1 is 1.17 bits per heavy atom. The third kappa shape index (κ3) is 4.00. The summed E-state index contributed by atoms with van der Waals surface area (Å²) in [7, 11) is 0. The lowest BCUT2D eigenvalue weighted by atomic mass is 9.69. The van der Waals surface area contributed by atoms with Crippen molar-refractivity contribution < 1.29 is 4.79 Å². The number of aromatic nitrogens is 4. The minimum atomic E-state index is 0.0725. The molecular weight excluding hydrogens is 374 g/mol. The number of fused-ring (bicyclic) bond motifs is 1. The van der Waals surface area contributed by atoms with Crippen LogP contribution >= 0.6 is 0 Å². The van der Waals surface area contributed by atoms with E-state index < -0.39 is 0 Å². The molecule has 1 amide bonds. The van der Waals surface area contributed by atoms with E-state index in [1.807, 2.05) is 22.5 Å². The van der Waals surface area contributed by atoms with Crippen LogP contribution in [-0.4, -0.2) is 32.0 Å². The molecule has 6 heteroatoms. The van der Waals surface area contributed by atoms with Gasteiger partial charge in [-0.05, 0) is 39.2 Å². The van der Waals surface area contributed by atoms with Gasteiger partial charge in [0.1, 0.15) is 11.0 Å². The first-order valence-electron chi connectivity index (χ1n) is 11.2. The highest BCUT2D eigenvalue weighted by Crippen LogP contribution is 2.38. The monoisotopic (exact) mass is 407 g/mol. The normalized spacial score (nSPS) is 16.3. The Hall–Kier alpha value is -2.63. The summed E-state index contributed by atoms with van der Waals surface area (Å²) < 4.78 is 3.92. The molecule has 0 radical (unpaired) electrons. The lowest BCUT2D eigenvalue weighted by Gasteiger charge is -2.38. The average Bonchev–Trinajstić information content (AvgIpc) is 3.33. The molecule has 0 atom stereocenters. The van der Waals surface area contributed by atoms with Crippen LogP contribution in [0, 0.1) is 6.92 Å². The predicted octanol–water partition coefficient (Wildman–Crippen LogP) is 4.53. The van der Waals surface area contributed by atoms with Crippen molar-refractivity contribution in [2.75, 3.05) is 6.54 Å². The van der Waals surface area contributed by atoms with Gasteiger partial charge in [-0.1, -0.05) is 49.6 Å². The van der Waals surface area contributed by atoms with E-state index in [1.54, 1.807) is 0 Å². The highest BCUT2D eigenvalue weighted by atomic mass is 16.1. The van der Waals surface area contributed by atoms with E-state index in [2.05, 4.69) is 59.7 Å². The molecule has 3 aromatic rings. The standard InChI is InChI=1S/C24H33N5O/c1-18(2)29-21-16-26-28(23(21)19(3)27-29)15-12-22(30)25-17-24(13-8-5-9-14-24)20-10-6-4-7-11-20/h4,6-7,10-11,16,18H,5,8-9,12-15,17H2,1-3H3,(H,25,30). The summed E-state index contributed by atoms with van der Waals surface area (Å²) in [6.45, 7) is 7.52. The van der Waals surface area contributed by atoms with Gasteiger partial charge in [-0.2, -0.15) is 10.2 Å². The van der Waals surface area contributed by atoms with Gasteiger partial charge in [-0.3, -0.25) is 14.2 Å². The van der Waals surface area contributed by atoms with Gasteiger partial charge >= 0.3 is 0 Å². The molecule has 30 heavy (non-hydrogen) atoms. The molecule has 1 saturated carbocycles. The third-order valence-corrected chi connectivity index (χ3v) is 6.53. The Bertz CT molecular complexity index is 995. The summed E-state index contributed by atoms with van der Waals surface area (Å²) in [5, 5.41) is 12.4. The van der Waals surface area contributed by atoms with Crippen molar-refractivity contribution in [2.45, 2.75) is 77.3 Å². The molecule has 1 fully saturated rings. The molecule has 0 bridgehead atoms. The Kier molecular flexibility index (Phi) is 5.93. The number of amides is 1. The molecule has 160 valence electrons. The van der Waals surface area contributed by atoms with Gasteiger partial charge in [0.25, 0.3) is 0 Å². The van der Waals surface area contributed by atoms with Crippen LogP contribution in [0.15, 0.2) is 36.5 Å². The number of carbonyl (C=O) groups excluding carboxylic acids is 1. The molecule has 2 heterocycles. The molecule has 0 spiro atoms. The van der Waals surface area contributed by atoms with Crippen LogP contribution < -0.4 is 5.32 Å². The van der Waals surface area contributed by atoms with Crippen molar-refractivity contribution in [3.63, 3.8) is 0 Å². The first-order valence-corrected chi connectivity index (χ1v) is 11.2. The maximum absolute atomic E-state index is 12.7. The van der Waals surface area contributed by atoms with E-state index in [0.717, 1.165) is 29.6 Å². The van der Waals surface area contributed by atoms with Crippen molar-refractivity contribution >= 4 is 16.9 Å². The van der Waals surface area contributed by atoms with Crippen molar-refractivity contribution in [3.05, 3.63) is 47.8 Å². The van der Waals surface area contributed by atoms with Crippen molar-refractivity contribution in [1.82, 2.24) is 24.9 Å². The first-order chi connectivity index (χ1) is 14.5. The van der Waals surface area contributed by atoms with E-state index in [0.29, 0.717) is 19.5 Å². The van der Waals surface area contributed by atoms with Gasteiger partial charge in [-0.25, -0.2) is 0 Å². The van der Waals surface area contributed by atoms with Gasteiger partial charge in [-0.15, -0.1) is 0 Å². The fourth-order valence-corrected chi connectivity index (χ4v) is 4.89. The van der Waals surface area contributed by atoms with Crippen molar-refractivity contribution in [2.24, 2.45) is 0 Å². The summed E-state index contributed by atoms with van der Waals surface area (Å²) in [6.07, 6.45) is 8.33. The van der Waals surface area contributed by atoms with Crippen LogP contribution in [0.25, 0.3) is 11.0 Å². The van der Waals surface area contributed by atoms with E-state index in [-0.39, 0.29) is 17.4 Å². The topological polar surface area (TPSA) is 64.7 Å². The highest BCUT2D eigenvalue weighted by molar-refractivity contribution is 5.79. The number of nitrogens with one attached hydrogen (secondary N) is 1. The third-order valence-electron chi connectivity index (χ3n) is 6.53. The van der Waals surface area contributed by atoms with Gasteiger partial charge in [0.05, 0.1) is 18.4 Å². The number of carbonyl (C=O) groups is 1. The molecule has 0 unspecified atom stereocenters. The highest BCUT2D eigenvalue weighted by Gasteiger charge is 2.34. The average molecular weight is 408 g/mol. The SMILES string of the molecule is Cc1nn(C(C)C)c2cnn(CCC(=O)NCC3(c4ccccc4)CCCCC3)c12. The smallest absolute Gasteiger partial charge is 0.221 e. The second-order valence-electron chi connectivity index (χ2n) is 8.96. The Balaban J connectivity index is 1.41. The fraction of sp³-hybridized carbons (Fsp3) is 0.542. The summed E-state index contributed by atoms with van der Waals surface area (Å²) in [6, 6.07) is 11.0. The minimum absolute atomic E-state index is 0.0725. The minimum Gasteiger partial charge on any atom is -0.355 e. The molecule has 2 aromatic heterocycles. The van der Waals surface area contributed by atoms with Crippen molar-refractivity contribution in [1.29, 1.82) is 0 Å². The number of benzene rings is 1. The second kappa shape index (κ2) is 8.62. The first kappa shape index (κ1) is 20.6. The molecule has 0 saturated heterocycles. The zero-order chi connectivity index (χ0) is 21.1. The Morgan fingerprint density at radius 3 is 2.60 bits per heavy atom. The summed E-state index contributed by atoms with van der Waals surface area (Å²) in [5.41, 5.74) is 4.46. The van der Waals surface area contributed by atoms with Crippen LogP contribution in [0.2, 0.25) is 0 Å². The Morgan fingerprint density at radius 2 is 1.90 bits per heavy atom. The molecule has 4 rings (SSSR count). The number of aryl methyl sites for hydroxylation is 2. The van der Waals surface area contributed by atoms with Gasteiger partial charge in [0.2, 0.25) is 5.91 Å².